The van der Waals surface area contributed by atoms with Crippen molar-refractivity contribution < 1.29 is 9.84 Å². The Labute approximate surface area is 80.9 Å². The Hall–Kier alpha value is -0.920. The highest BCUT2D eigenvalue weighted by molar-refractivity contribution is 5.19. The topological polar surface area (TPSA) is 29.5 Å². The van der Waals surface area contributed by atoms with Gasteiger partial charge in [-0.05, 0) is 19.4 Å². The zero-order valence-corrected chi connectivity index (χ0v) is 9.05. The molecule has 0 spiro atoms. The maximum absolute atomic E-state index is 9.44. The van der Waals surface area contributed by atoms with Gasteiger partial charge in [0.2, 0.25) is 0 Å². The quantitative estimate of drug-likeness (QED) is 0.523. The number of aliphatic hydroxyl groups is 1. The molecule has 2 heteroatoms. The second-order valence-corrected chi connectivity index (χ2v) is 3.11. The second kappa shape index (κ2) is 6.58. The van der Waals surface area contributed by atoms with E-state index in [-0.39, 0.29) is 0 Å². The summed E-state index contributed by atoms with van der Waals surface area (Å²) in [5.74, 6) is 0.909. The smallest absolute Gasteiger partial charge is 0.156 e. The van der Waals surface area contributed by atoms with Crippen molar-refractivity contribution in [2.24, 2.45) is 0 Å². The molecule has 0 aliphatic rings. The van der Waals surface area contributed by atoms with E-state index in [1.807, 2.05) is 19.9 Å². The standard InChI is InChI=1S/C11H20O2/c1-5-7-9(3)8-11(13-4)10(12)6-2/h8,12H,5-7H2,1-4H3/b9-8+,11-10-. The highest BCUT2D eigenvalue weighted by Crippen LogP contribution is 2.13. The van der Waals surface area contributed by atoms with Gasteiger partial charge in [-0.2, -0.15) is 0 Å². The fraction of sp³-hybridized carbons (Fsp3) is 0.636. The van der Waals surface area contributed by atoms with Gasteiger partial charge in [0.25, 0.3) is 0 Å². The van der Waals surface area contributed by atoms with Gasteiger partial charge in [-0.15, -0.1) is 0 Å². The van der Waals surface area contributed by atoms with E-state index < -0.39 is 0 Å². The third-order valence-corrected chi connectivity index (χ3v) is 1.86. The Morgan fingerprint density at radius 3 is 2.38 bits per heavy atom. The van der Waals surface area contributed by atoms with Crippen LogP contribution >= 0.6 is 0 Å². The van der Waals surface area contributed by atoms with E-state index in [1.165, 1.54) is 5.57 Å². The molecule has 0 rings (SSSR count). The maximum atomic E-state index is 9.44. The van der Waals surface area contributed by atoms with Crippen LogP contribution in [-0.2, 0) is 4.74 Å². The number of rotatable bonds is 5. The van der Waals surface area contributed by atoms with E-state index in [9.17, 15) is 5.11 Å². The number of ether oxygens (including phenoxy) is 1. The van der Waals surface area contributed by atoms with Crippen LogP contribution in [0.15, 0.2) is 23.2 Å². The highest BCUT2D eigenvalue weighted by Gasteiger charge is 2.00. The summed E-state index contributed by atoms with van der Waals surface area (Å²) in [6.07, 6.45) is 4.68. The molecule has 0 saturated carbocycles. The first-order chi connectivity index (χ1) is 6.15. The number of hydrogen-bond acceptors (Lipinski definition) is 2. The van der Waals surface area contributed by atoms with Gasteiger partial charge in [-0.25, -0.2) is 0 Å². The number of aliphatic hydroxyl groups excluding tert-OH is 1. The Morgan fingerprint density at radius 2 is 2.00 bits per heavy atom. The normalized spacial score (nSPS) is 14.0. The Bertz CT molecular complexity index is 202. The molecule has 0 amide bonds. The van der Waals surface area contributed by atoms with Gasteiger partial charge < -0.3 is 9.84 Å². The molecule has 0 aromatic rings. The molecule has 2 nitrogen and oxygen atoms in total. The number of methoxy groups -OCH3 is 1. The van der Waals surface area contributed by atoms with Crippen LogP contribution in [-0.4, -0.2) is 12.2 Å². The van der Waals surface area contributed by atoms with Gasteiger partial charge in [0.05, 0.1) is 7.11 Å². The molecule has 76 valence electrons. The van der Waals surface area contributed by atoms with Gasteiger partial charge in [-0.1, -0.05) is 25.8 Å². The van der Waals surface area contributed by atoms with Gasteiger partial charge in [0.15, 0.2) is 5.76 Å². The van der Waals surface area contributed by atoms with E-state index >= 15 is 0 Å². The lowest BCUT2D eigenvalue weighted by Gasteiger charge is -2.05. The van der Waals surface area contributed by atoms with Crippen molar-refractivity contribution in [2.45, 2.75) is 40.0 Å². The van der Waals surface area contributed by atoms with Crippen molar-refractivity contribution in [3.05, 3.63) is 23.2 Å². The number of hydrogen-bond donors (Lipinski definition) is 1. The van der Waals surface area contributed by atoms with E-state index in [1.54, 1.807) is 7.11 Å². The van der Waals surface area contributed by atoms with Crippen molar-refractivity contribution >= 4 is 0 Å². The van der Waals surface area contributed by atoms with Gasteiger partial charge in [0.1, 0.15) is 5.76 Å². The number of allylic oxidation sites excluding steroid dienone is 3. The van der Waals surface area contributed by atoms with Crippen molar-refractivity contribution in [1.82, 2.24) is 0 Å². The lowest BCUT2D eigenvalue weighted by molar-refractivity contribution is 0.263. The van der Waals surface area contributed by atoms with Crippen LogP contribution in [0.1, 0.15) is 40.0 Å². The third-order valence-electron chi connectivity index (χ3n) is 1.86. The molecule has 0 unspecified atom stereocenters. The average molecular weight is 184 g/mol. The maximum Gasteiger partial charge on any atom is 0.156 e. The predicted molar refractivity (Wildman–Crippen MR) is 55.6 cm³/mol. The summed E-state index contributed by atoms with van der Waals surface area (Å²) in [5.41, 5.74) is 1.24. The largest absolute Gasteiger partial charge is 0.508 e. The minimum atomic E-state index is 0.318. The van der Waals surface area contributed by atoms with Crippen molar-refractivity contribution in [3.63, 3.8) is 0 Å². The summed E-state index contributed by atoms with van der Waals surface area (Å²) < 4.78 is 5.07. The van der Waals surface area contributed by atoms with Crippen molar-refractivity contribution in [1.29, 1.82) is 0 Å². The summed E-state index contributed by atoms with van der Waals surface area (Å²) in [5, 5.41) is 9.44. The molecule has 0 heterocycles. The first kappa shape index (κ1) is 12.1. The molecule has 0 aromatic carbocycles. The Morgan fingerprint density at radius 1 is 1.38 bits per heavy atom. The third kappa shape index (κ3) is 4.61. The van der Waals surface area contributed by atoms with Crippen LogP contribution in [0.5, 0.6) is 0 Å². The summed E-state index contributed by atoms with van der Waals surface area (Å²) in [6.45, 7) is 6.08. The zero-order valence-electron chi connectivity index (χ0n) is 9.05. The summed E-state index contributed by atoms with van der Waals surface area (Å²) in [4.78, 5) is 0. The molecule has 0 atom stereocenters. The molecular formula is C11H20O2. The van der Waals surface area contributed by atoms with E-state index in [0.29, 0.717) is 17.9 Å². The molecule has 13 heavy (non-hydrogen) atoms. The fourth-order valence-corrected chi connectivity index (χ4v) is 1.12. The van der Waals surface area contributed by atoms with Crippen LogP contribution in [0.25, 0.3) is 0 Å². The summed E-state index contributed by atoms with van der Waals surface area (Å²) in [7, 11) is 1.58. The van der Waals surface area contributed by atoms with E-state index in [2.05, 4.69) is 6.92 Å². The molecule has 0 saturated heterocycles. The first-order valence-electron chi connectivity index (χ1n) is 4.78. The molecule has 0 radical (unpaired) electrons. The molecule has 0 aliphatic heterocycles. The van der Waals surface area contributed by atoms with E-state index in [0.717, 1.165) is 12.8 Å². The van der Waals surface area contributed by atoms with Gasteiger partial charge >= 0.3 is 0 Å². The van der Waals surface area contributed by atoms with Crippen molar-refractivity contribution in [3.8, 4) is 0 Å². The van der Waals surface area contributed by atoms with Crippen LogP contribution in [0.2, 0.25) is 0 Å². The van der Waals surface area contributed by atoms with Gasteiger partial charge in [-0.3, -0.25) is 0 Å². The molecular weight excluding hydrogens is 164 g/mol. The SMILES string of the molecule is CCC/C(C)=C/C(OC)=C(/O)CC. The first-order valence-corrected chi connectivity index (χ1v) is 4.78. The monoisotopic (exact) mass is 184 g/mol. The minimum Gasteiger partial charge on any atom is -0.508 e. The average Bonchev–Trinajstić information content (AvgIpc) is 2.13. The lowest BCUT2D eigenvalue weighted by atomic mass is 10.1. The fourth-order valence-electron chi connectivity index (χ4n) is 1.12. The van der Waals surface area contributed by atoms with Crippen LogP contribution in [0.3, 0.4) is 0 Å². The highest BCUT2D eigenvalue weighted by atomic mass is 16.5. The molecule has 0 aromatic heterocycles. The molecule has 0 aliphatic carbocycles. The summed E-state index contributed by atoms with van der Waals surface area (Å²) in [6, 6.07) is 0. The van der Waals surface area contributed by atoms with E-state index in [4.69, 9.17) is 4.74 Å². The van der Waals surface area contributed by atoms with Crippen molar-refractivity contribution in [2.75, 3.05) is 7.11 Å². The Balaban J connectivity index is 4.52. The molecule has 1 N–H and O–H groups in total. The predicted octanol–water partition coefficient (Wildman–Crippen LogP) is 3.56. The molecule has 0 fully saturated rings. The van der Waals surface area contributed by atoms with Crippen LogP contribution in [0.4, 0.5) is 0 Å². The van der Waals surface area contributed by atoms with Crippen LogP contribution < -0.4 is 0 Å². The van der Waals surface area contributed by atoms with Crippen LogP contribution in [0, 0.1) is 0 Å². The summed E-state index contributed by atoms with van der Waals surface area (Å²) >= 11 is 0. The molecule has 0 bridgehead atoms. The second-order valence-electron chi connectivity index (χ2n) is 3.11. The van der Waals surface area contributed by atoms with Gasteiger partial charge in [0, 0.05) is 6.42 Å². The zero-order chi connectivity index (χ0) is 10.3. The minimum absolute atomic E-state index is 0.318. The lowest BCUT2D eigenvalue weighted by Crippen LogP contribution is -1.91. The Kier molecular flexibility index (Phi) is 6.11.